The largest absolute Gasteiger partial charge is 0.335 e. The normalized spacial score (nSPS) is 15.2. The van der Waals surface area contributed by atoms with Crippen LogP contribution in [-0.4, -0.2) is 9.97 Å². The van der Waals surface area contributed by atoms with E-state index in [2.05, 4.69) is 9.97 Å². The van der Waals surface area contributed by atoms with E-state index in [-0.39, 0.29) is 11.9 Å². The van der Waals surface area contributed by atoms with Crippen molar-refractivity contribution < 1.29 is 17.6 Å². The third-order valence-corrected chi connectivity index (χ3v) is 4.96. The molecule has 3 aromatic carbocycles. The number of rotatable bonds is 1. The number of nitrogens with one attached hydrogen (secondary N) is 1. The zero-order valence-corrected chi connectivity index (χ0v) is 13.7. The molecule has 0 bridgehead atoms. The maximum Gasteiger partial charge on any atom is 0.199 e. The summed E-state index contributed by atoms with van der Waals surface area (Å²) < 4.78 is 55.2. The molecule has 0 saturated carbocycles. The summed E-state index contributed by atoms with van der Waals surface area (Å²) in [6.45, 7) is 0. The Labute approximate surface area is 150 Å². The number of nitrogens with zero attached hydrogens (tertiary/aromatic N) is 1. The van der Waals surface area contributed by atoms with Crippen molar-refractivity contribution in [1.29, 1.82) is 0 Å². The van der Waals surface area contributed by atoms with Gasteiger partial charge in [-0.2, -0.15) is 0 Å². The number of imidazole rings is 1. The van der Waals surface area contributed by atoms with E-state index in [9.17, 15) is 17.6 Å². The fraction of sp³-hybridized carbons (Fsp3) is 0.0500. The predicted molar refractivity (Wildman–Crippen MR) is 92.8 cm³/mol. The molecule has 7 heteroatoms. The predicted octanol–water partition coefficient (Wildman–Crippen LogP) is 4.81. The zero-order chi connectivity index (χ0) is 18.9. The Morgan fingerprint density at radius 1 is 0.778 bits per heavy atom. The minimum atomic E-state index is -1.89. The van der Waals surface area contributed by atoms with Gasteiger partial charge >= 0.3 is 0 Å². The van der Waals surface area contributed by atoms with Crippen LogP contribution >= 0.6 is 0 Å². The molecular weight excluding hydrogens is 358 g/mol. The summed E-state index contributed by atoms with van der Waals surface area (Å²) in [4.78, 5) is 6.59. The topological polar surface area (TPSA) is 54.7 Å². The molecule has 0 amide bonds. The Balaban J connectivity index is 1.82. The highest BCUT2D eigenvalue weighted by Crippen LogP contribution is 2.46. The monoisotopic (exact) mass is 369 g/mol. The smallest absolute Gasteiger partial charge is 0.199 e. The number of benzene rings is 3. The Bertz CT molecular complexity index is 1200. The van der Waals surface area contributed by atoms with Crippen molar-refractivity contribution in [1.82, 2.24) is 9.97 Å². The van der Waals surface area contributed by atoms with Gasteiger partial charge in [0.15, 0.2) is 23.3 Å². The quantitative estimate of drug-likeness (QED) is 0.287. The van der Waals surface area contributed by atoms with Crippen LogP contribution in [0.5, 0.6) is 0 Å². The molecule has 4 aromatic rings. The first kappa shape index (κ1) is 16.0. The van der Waals surface area contributed by atoms with Gasteiger partial charge in [-0.1, -0.05) is 42.5 Å². The average molecular weight is 369 g/mol. The number of hydrogen-bond acceptors (Lipinski definition) is 2. The molecule has 0 aliphatic heterocycles. The standard InChI is InChI=1S/C20H11F4N3/c21-13-14(22)16(24)19-18(15(13)23)26-20(27-19)11-7-3-6-10-12(11)8-4-1-2-5-9(8)17(10)25/h1-7,17H,25H2,(H,26,27). The van der Waals surface area contributed by atoms with Gasteiger partial charge in [0, 0.05) is 5.56 Å². The summed E-state index contributed by atoms with van der Waals surface area (Å²) in [6, 6.07) is 12.5. The summed E-state index contributed by atoms with van der Waals surface area (Å²) in [5, 5.41) is 0. The Hall–Kier alpha value is -3.19. The van der Waals surface area contributed by atoms with Crippen molar-refractivity contribution in [2.45, 2.75) is 6.04 Å². The number of fused-ring (bicyclic) bond motifs is 4. The molecule has 1 aromatic heterocycles. The van der Waals surface area contributed by atoms with Gasteiger partial charge in [0.25, 0.3) is 0 Å². The van der Waals surface area contributed by atoms with Gasteiger partial charge in [-0.25, -0.2) is 22.5 Å². The number of nitrogens with two attached hydrogens (primary N) is 1. The highest BCUT2D eigenvalue weighted by atomic mass is 19.2. The summed E-state index contributed by atoms with van der Waals surface area (Å²) in [6.07, 6.45) is 0. The number of H-pyrrole nitrogens is 1. The van der Waals surface area contributed by atoms with Gasteiger partial charge in [-0.15, -0.1) is 0 Å². The van der Waals surface area contributed by atoms with Gasteiger partial charge in [0.05, 0.1) is 6.04 Å². The van der Waals surface area contributed by atoms with Crippen LogP contribution in [0.1, 0.15) is 17.2 Å². The van der Waals surface area contributed by atoms with Crippen LogP contribution in [0.2, 0.25) is 0 Å². The maximum absolute atomic E-state index is 14.1. The molecule has 5 rings (SSSR count). The molecule has 1 heterocycles. The molecule has 3 nitrogen and oxygen atoms in total. The Morgan fingerprint density at radius 2 is 1.44 bits per heavy atom. The minimum Gasteiger partial charge on any atom is -0.335 e. The van der Waals surface area contributed by atoms with E-state index < -0.39 is 34.3 Å². The first-order valence-electron chi connectivity index (χ1n) is 8.19. The van der Waals surface area contributed by atoms with Crippen molar-refractivity contribution in [3.8, 4) is 22.5 Å². The lowest BCUT2D eigenvalue weighted by molar-refractivity contribution is 0.417. The van der Waals surface area contributed by atoms with E-state index in [1.807, 2.05) is 30.3 Å². The third kappa shape index (κ3) is 2.03. The summed E-state index contributed by atoms with van der Waals surface area (Å²) in [7, 11) is 0. The van der Waals surface area contributed by atoms with E-state index in [1.165, 1.54) is 0 Å². The Kier molecular flexibility index (Phi) is 3.21. The molecule has 0 radical (unpaired) electrons. The number of aromatic nitrogens is 2. The van der Waals surface area contributed by atoms with Crippen LogP contribution < -0.4 is 5.73 Å². The number of halogens is 4. The number of hydrogen-bond donors (Lipinski definition) is 2. The fourth-order valence-electron chi connectivity index (χ4n) is 3.72. The van der Waals surface area contributed by atoms with Crippen LogP contribution in [0.25, 0.3) is 33.5 Å². The van der Waals surface area contributed by atoms with Crippen molar-refractivity contribution in [3.05, 3.63) is 76.9 Å². The van der Waals surface area contributed by atoms with Crippen LogP contribution in [0, 0.1) is 23.3 Å². The van der Waals surface area contributed by atoms with Crippen LogP contribution in [0.15, 0.2) is 42.5 Å². The molecule has 0 saturated heterocycles. The molecule has 0 fully saturated rings. The Morgan fingerprint density at radius 3 is 2.26 bits per heavy atom. The molecule has 1 unspecified atom stereocenters. The van der Waals surface area contributed by atoms with Gasteiger partial charge in [-0.3, -0.25) is 0 Å². The lowest BCUT2D eigenvalue weighted by atomic mass is 9.99. The zero-order valence-electron chi connectivity index (χ0n) is 13.7. The number of aromatic amines is 1. The van der Waals surface area contributed by atoms with Crippen molar-refractivity contribution in [2.24, 2.45) is 5.73 Å². The molecule has 1 aliphatic carbocycles. The van der Waals surface area contributed by atoms with E-state index in [0.717, 1.165) is 22.3 Å². The van der Waals surface area contributed by atoms with Crippen LogP contribution in [0.3, 0.4) is 0 Å². The van der Waals surface area contributed by atoms with Gasteiger partial charge in [0.2, 0.25) is 0 Å². The lowest BCUT2D eigenvalue weighted by Crippen LogP contribution is -2.07. The summed E-state index contributed by atoms with van der Waals surface area (Å²) >= 11 is 0. The summed E-state index contributed by atoms with van der Waals surface area (Å²) in [5.74, 6) is -6.69. The van der Waals surface area contributed by atoms with Crippen LogP contribution in [-0.2, 0) is 0 Å². The van der Waals surface area contributed by atoms with E-state index >= 15 is 0 Å². The third-order valence-electron chi connectivity index (χ3n) is 4.96. The molecule has 27 heavy (non-hydrogen) atoms. The lowest BCUT2D eigenvalue weighted by Gasteiger charge is -2.08. The highest BCUT2D eigenvalue weighted by molar-refractivity contribution is 5.91. The van der Waals surface area contributed by atoms with Crippen LogP contribution in [0.4, 0.5) is 17.6 Å². The molecule has 134 valence electrons. The van der Waals surface area contributed by atoms with Gasteiger partial charge in [-0.05, 0) is 22.3 Å². The molecule has 1 atom stereocenters. The molecule has 1 aliphatic rings. The van der Waals surface area contributed by atoms with Crippen molar-refractivity contribution >= 4 is 11.0 Å². The average Bonchev–Trinajstić information content (AvgIpc) is 3.26. The SMILES string of the molecule is NC1c2ccccc2-c2c(-c3nc4c(F)c(F)c(F)c(F)c4[nH]3)cccc21. The van der Waals surface area contributed by atoms with E-state index in [1.54, 1.807) is 12.1 Å². The molecule has 0 spiro atoms. The second-order valence-electron chi connectivity index (χ2n) is 6.40. The van der Waals surface area contributed by atoms with Gasteiger partial charge < -0.3 is 10.7 Å². The second kappa shape index (κ2) is 5.40. The second-order valence-corrected chi connectivity index (χ2v) is 6.40. The minimum absolute atomic E-state index is 0.105. The fourth-order valence-corrected chi connectivity index (χ4v) is 3.72. The first-order valence-corrected chi connectivity index (χ1v) is 8.19. The molecule has 3 N–H and O–H groups in total. The van der Waals surface area contributed by atoms with Crippen molar-refractivity contribution in [3.63, 3.8) is 0 Å². The van der Waals surface area contributed by atoms with Gasteiger partial charge in [0.1, 0.15) is 16.9 Å². The van der Waals surface area contributed by atoms with E-state index in [0.29, 0.717) is 5.56 Å². The maximum atomic E-state index is 14.1. The summed E-state index contributed by atoms with van der Waals surface area (Å²) in [5.41, 5.74) is 9.18. The van der Waals surface area contributed by atoms with E-state index in [4.69, 9.17) is 5.73 Å². The first-order chi connectivity index (χ1) is 13.0. The highest BCUT2D eigenvalue weighted by Gasteiger charge is 2.30. The molecular formula is C20H11F4N3. The van der Waals surface area contributed by atoms with Crippen molar-refractivity contribution in [2.75, 3.05) is 0 Å².